The van der Waals surface area contributed by atoms with Gasteiger partial charge in [0.25, 0.3) is 0 Å². The number of hydrogen-bond donors (Lipinski definition) is 1. The number of anilines is 2. The Morgan fingerprint density at radius 3 is 2.84 bits per heavy atom. The van der Waals surface area contributed by atoms with Crippen LogP contribution >= 0.6 is 15.9 Å². The first-order valence-electron chi connectivity index (χ1n) is 5.71. The zero-order valence-electron chi connectivity index (χ0n) is 10.5. The lowest BCUT2D eigenvalue weighted by molar-refractivity contribution is 0.919. The first kappa shape index (κ1) is 13.4. The summed E-state index contributed by atoms with van der Waals surface area (Å²) in [7, 11) is 1.96. The molecule has 0 amide bonds. The summed E-state index contributed by atoms with van der Waals surface area (Å²) in [6.45, 7) is 0.670. The molecule has 0 aliphatic carbocycles. The van der Waals surface area contributed by atoms with Gasteiger partial charge in [-0.3, -0.25) is 0 Å². The van der Waals surface area contributed by atoms with E-state index in [9.17, 15) is 0 Å². The molecule has 0 radical (unpaired) electrons. The van der Waals surface area contributed by atoms with Gasteiger partial charge in [-0.1, -0.05) is 15.9 Å². The smallest absolute Gasteiger partial charge is 0.140 e. The van der Waals surface area contributed by atoms with Crippen LogP contribution in [0.1, 0.15) is 11.3 Å². The van der Waals surface area contributed by atoms with Crippen molar-refractivity contribution in [3.8, 4) is 6.07 Å². The van der Waals surface area contributed by atoms with E-state index < -0.39 is 0 Å². The van der Waals surface area contributed by atoms with Crippen molar-refractivity contribution in [2.24, 2.45) is 0 Å². The second-order valence-corrected chi connectivity index (χ2v) is 5.14. The van der Waals surface area contributed by atoms with Gasteiger partial charge in [-0.25, -0.2) is 4.98 Å². The minimum atomic E-state index is 0.426. The SMILES string of the molecule is CN(Cc1ccnc(C#N)c1)c1ccc(Br)cc1N. The van der Waals surface area contributed by atoms with E-state index in [4.69, 9.17) is 11.0 Å². The number of nitriles is 1. The maximum absolute atomic E-state index is 8.84. The molecule has 1 aromatic heterocycles. The first-order valence-corrected chi connectivity index (χ1v) is 6.50. The van der Waals surface area contributed by atoms with Gasteiger partial charge in [-0.15, -0.1) is 0 Å². The normalized spacial score (nSPS) is 9.95. The molecular formula is C14H13BrN4. The van der Waals surface area contributed by atoms with Gasteiger partial charge in [0.05, 0.1) is 11.4 Å². The molecule has 1 heterocycles. The molecule has 0 fully saturated rings. The van der Waals surface area contributed by atoms with E-state index in [2.05, 4.69) is 20.9 Å². The predicted molar refractivity (Wildman–Crippen MR) is 79.6 cm³/mol. The summed E-state index contributed by atoms with van der Waals surface area (Å²) < 4.78 is 0.956. The minimum Gasteiger partial charge on any atom is -0.397 e. The second kappa shape index (κ2) is 5.72. The van der Waals surface area contributed by atoms with Gasteiger partial charge in [0, 0.05) is 24.3 Å². The summed E-state index contributed by atoms with van der Waals surface area (Å²) in [6, 6.07) is 11.5. The number of aromatic nitrogens is 1. The molecule has 5 heteroatoms. The highest BCUT2D eigenvalue weighted by Gasteiger charge is 2.07. The van der Waals surface area contributed by atoms with Crippen molar-refractivity contribution in [3.63, 3.8) is 0 Å². The van der Waals surface area contributed by atoms with Gasteiger partial charge in [0.1, 0.15) is 11.8 Å². The van der Waals surface area contributed by atoms with Crippen molar-refractivity contribution in [1.82, 2.24) is 4.98 Å². The van der Waals surface area contributed by atoms with E-state index in [1.54, 1.807) is 12.3 Å². The summed E-state index contributed by atoms with van der Waals surface area (Å²) in [5, 5.41) is 8.84. The molecule has 96 valence electrons. The van der Waals surface area contributed by atoms with Crippen molar-refractivity contribution in [2.45, 2.75) is 6.54 Å². The van der Waals surface area contributed by atoms with Crippen LogP contribution in [0.4, 0.5) is 11.4 Å². The van der Waals surface area contributed by atoms with Crippen molar-refractivity contribution in [2.75, 3.05) is 17.7 Å². The Morgan fingerprint density at radius 1 is 1.37 bits per heavy atom. The molecule has 2 N–H and O–H groups in total. The van der Waals surface area contributed by atoms with Crippen molar-refractivity contribution in [1.29, 1.82) is 5.26 Å². The largest absolute Gasteiger partial charge is 0.397 e. The average molecular weight is 317 g/mol. The van der Waals surface area contributed by atoms with Crippen LogP contribution in [0, 0.1) is 11.3 Å². The van der Waals surface area contributed by atoms with Gasteiger partial charge < -0.3 is 10.6 Å². The summed E-state index contributed by atoms with van der Waals surface area (Å²) in [4.78, 5) is 6.00. The van der Waals surface area contributed by atoms with Gasteiger partial charge in [-0.05, 0) is 35.9 Å². The van der Waals surface area contributed by atoms with E-state index in [1.165, 1.54) is 0 Å². The van der Waals surface area contributed by atoms with Gasteiger partial charge in [0.2, 0.25) is 0 Å². The fourth-order valence-electron chi connectivity index (χ4n) is 1.87. The van der Waals surface area contributed by atoms with Crippen molar-refractivity contribution >= 4 is 27.3 Å². The third-order valence-electron chi connectivity index (χ3n) is 2.76. The lowest BCUT2D eigenvalue weighted by atomic mass is 10.2. The summed E-state index contributed by atoms with van der Waals surface area (Å²) >= 11 is 3.39. The van der Waals surface area contributed by atoms with E-state index in [0.717, 1.165) is 15.7 Å². The third-order valence-corrected chi connectivity index (χ3v) is 3.25. The average Bonchev–Trinajstić information content (AvgIpc) is 2.38. The number of halogens is 1. The van der Waals surface area contributed by atoms with Gasteiger partial charge >= 0.3 is 0 Å². The zero-order chi connectivity index (χ0) is 13.8. The van der Waals surface area contributed by atoms with E-state index in [-0.39, 0.29) is 0 Å². The van der Waals surface area contributed by atoms with Gasteiger partial charge in [-0.2, -0.15) is 5.26 Å². The lowest BCUT2D eigenvalue weighted by Gasteiger charge is -2.21. The predicted octanol–water partition coefficient (Wildman–Crippen LogP) is 2.93. The first-order chi connectivity index (χ1) is 9.10. The highest BCUT2D eigenvalue weighted by atomic mass is 79.9. The van der Waals surface area contributed by atoms with Crippen LogP contribution in [-0.2, 0) is 6.54 Å². The third kappa shape index (κ3) is 3.24. The molecule has 4 nitrogen and oxygen atoms in total. The number of nitrogens with two attached hydrogens (primary N) is 1. The second-order valence-electron chi connectivity index (χ2n) is 4.22. The Balaban J connectivity index is 2.20. The molecule has 19 heavy (non-hydrogen) atoms. The number of nitrogens with zero attached hydrogens (tertiary/aromatic N) is 3. The minimum absolute atomic E-state index is 0.426. The molecule has 0 saturated heterocycles. The van der Waals surface area contributed by atoms with Crippen LogP contribution in [0.15, 0.2) is 41.0 Å². The summed E-state index contributed by atoms with van der Waals surface area (Å²) in [5.74, 6) is 0. The van der Waals surface area contributed by atoms with Crippen LogP contribution in [0.5, 0.6) is 0 Å². The summed E-state index contributed by atoms with van der Waals surface area (Å²) in [6.07, 6.45) is 1.65. The quantitative estimate of drug-likeness (QED) is 0.884. The number of hydrogen-bond acceptors (Lipinski definition) is 4. The monoisotopic (exact) mass is 316 g/mol. The Bertz CT molecular complexity index is 634. The topological polar surface area (TPSA) is 65.9 Å². The standard InChI is InChI=1S/C14H13BrN4/c1-19(14-3-2-11(15)7-13(14)17)9-10-4-5-18-12(6-10)8-16/h2-7H,9,17H2,1H3. The number of nitrogen functional groups attached to an aromatic ring is 1. The van der Waals surface area contributed by atoms with Crippen molar-refractivity contribution in [3.05, 3.63) is 52.3 Å². The van der Waals surface area contributed by atoms with E-state index in [0.29, 0.717) is 17.9 Å². The highest BCUT2D eigenvalue weighted by molar-refractivity contribution is 9.10. The Morgan fingerprint density at radius 2 is 2.16 bits per heavy atom. The maximum Gasteiger partial charge on any atom is 0.140 e. The zero-order valence-corrected chi connectivity index (χ0v) is 12.1. The lowest BCUT2D eigenvalue weighted by Crippen LogP contribution is -2.17. The molecular weight excluding hydrogens is 304 g/mol. The van der Waals surface area contributed by atoms with E-state index >= 15 is 0 Å². The Kier molecular flexibility index (Phi) is 4.03. The molecule has 2 rings (SSSR count). The Labute approximate surface area is 120 Å². The molecule has 0 saturated carbocycles. The van der Waals surface area contributed by atoms with Crippen molar-refractivity contribution < 1.29 is 0 Å². The Hall–Kier alpha value is -2.06. The highest BCUT2D eigenvalue weighted by Crippen LogP contribution is 2.26. The molecule has 0 bridgehead atoms. The van der Waals surface area contributed by atoms with Crippen LogP contribution < -0.4 is 10.6 Å². The molecule has 2 aromatic rings. The van der Waals surface area contributed by atoms with Crippen LogP contribution in [0.2, 0.25) is 0 Å². The fourth-order valence-corrected chi connectivity index (χ4v) is 2.24. The fraction of sp³-hybridized carbons (Fsp3) is 0.143. The number of benzene rings is 1. The van der Waals surface area contributed by atoms with E-state index in [1.807, 2.05) is 42.3 Å². The summed E-state index contributed by atoms with van der Waals surface area (Å²) in [5.41, 5.74) is 9.12. The van der Waals surface area contributed by atoms with Crippen LogP contribution in [0.3, 0.4) is 0 Å². The van der Waals surface area contributed by atoms with Crippen LogP contribution in [0.25, 0.3) is 0 Å². The number of pyridine rings is 1. The molecule has 0 unspecified atom stereocenters. The molecule has 0 spiro atoms. The molecule has 1 aromatic carbocycles. The maximum atomic E-state index is 8.84. The molecule has 0 atom stereocenters. The van der Waals surface area contributed by atoms with Crippen LogP contribution in [-0.4, -0.2) is 12.0 Å². The van der Waals surface area contributed by atoms with Gasteiger partial charge in [0.15, 0.2) is 0 Å². The number of rotatable bonds is 3. The molecule has 0 aliphatic rings. The molecule has 0 aliphatic heterocycles.